The molecule has 1 aliphatic rings. The number of fused-ring (bicyclic) bond motifs is 1. The number of amides is 2. The molecule has 5 nitrogen and oxygen atoms in total. The molecular weight excluding hydrogens is 424 g/mol. The molecule has 0 spiro atoms. The third kappa shape index (κ3) is 5.14. The van der Waals surface area contributed by atoms with E-state index in [-0.39, 0.29) is 11.8 Å². The first-order chi connectivity index (χ1) is 16.5. The number of ether oxygens (including phenoxy) is 1. The summed E-state index contributed by atoms with van der Waals surface area (Å²) < 4.78 is 5.77. The molecular formula is C29H32N2O3. The van der Waals surface area contributed by atoms with E-state index in [4.69, 9.17) is 4.74 Å². The van der Waals surface area contributed by atoms with Gasteiger partial charge in [0.2, 0.25) is 5.91 Å². The Morgan fingerprint density at radius 2 is 1.68 bits per heavy atom. The Hall–Kier alpha value is -3.60. The summed E-state index contributed by atoms with van der Waals surface area (Å²) in [6.07, 6.45) is 2.56. The third-order valence-electron chi connectivity index (χ3n) is 6.44. The van der Waals surface area contributed by atoms with Gasteiger partial charge >= 0.3 is 0 Å². The highest BCUT2D eigenvalue weighted by Gasteiger charge is 2.46. The number of hydrogen-bond donors (Lipinski definition) is 1. The second-order valence-electron chi connectivity index (χ2n) is 9.01. The molecule has 1 aliphatic heterocycles. The smallest absolute Gasteiger partial charge is 0.255 e. The fraction of sp³-hybridized carbons (Fsp3) is 0.310. The third-order valence-corrected chi connectivity index (χ3v) is 6.44. The topological polar surface area (TPSA) is 58.6 Å². The molecule has 0 aromatic heterocycles. The zero-order chi connectivity index (χ0) is 24.0. The minimum atomic E-state index is -1.00. The van der Waals surface area contributed by atoms with Gasteiger partial charge in [-0.2, -0.15) is 0 Å². The van der Waals surface area contributed by atoms with Gasteiger partial charge < -0.3 is 15.0 Å². The van der Waals surface area contributed by atoms with Crippen LogP contribution in [0.5, 0.6) is 5.75 Å². The summed E-state index contributed by atoms with van der Waals surface area (Å²) in [6.45, 7) is 5.45. The molecule has 0 unspecified atom stereocenters. The Bertz CT molecular complexity index is 1130. The zero-order valence-corrected chi connectivity index (χ0v) is 19.9. The van der Waals surface area contributed by atoms with Crippen molar-refractivity contribution >= 4 is 11.8 Å². The number of rotatable bonds is 9. The molecule has 4 rings (SSSR count). The van der Waals surface area contributed by atoms with Crippen molar-refractivity contribution in [1.29, 1.82) is 0 Å². The van der Waals surface area contributed by atoms with Crippen LogP contribution in [0.2, 0.25) is 0 Å². The Morgan fingerprint density at radius 1 is 0.971 bits per heavy atom. The van der Waals surface area contributed by atoms with Gasteiger partial charge in [0.15, 0.2) is 0 Å². The molecule has 176 valence electrons. The van der Waals surface area contributed by atoms with E-state index >= 15 is 0 Å². The molecule has 0 bridgehead atoms. The molecule has 3 aromatic carbocycles. The maximum absolute atomic E-state index is 13.6. The summed E-state index contributed by atoms with van der Waals surface area (Å²) in [5.74, 6) is 0.539. The van der Waals surface area contributed by atoms with Crippen LogP contribution in [0.3, 0.4) is 0 Å². The fourth-order valence-corrected chi connectivity index (χ4v) is 4.34. The van der Waals surface area contributed by atoms with Gasteiger partial charge in [0, 0.05) is 25.1 Å². The van der Waals surface area contributed by atoms with E-state index in [1.165, 1.54) is 0 Å². The van der Waals surface area contributed by atoms with E-state index in [9.17, 15) is 9.59 Å². The van der Waals surface area contributed by atoms with Gasteiger partial charge in [-0.25, -0.2) is 0 Å². The van der Waals surface area contributed by atoms with E-state index in [1.807, 2.05) is 85.8 Å². The van der Waals surface area contributed by atoms with Crippen molar-refractivity contribution in [3.8, 4) is 5.75 Å². The van der Waals surface area contributed by atoms with Gasteiger partial charge in [0.25, 0.3) is 5.91 Å². The number of carbonyl (C=O) groups is 2. The largest absolute Gasteiger partial charge is 0.494 e. The molecule has 0 radical (unpaired) electrons. The lowest BCUT2D eigenvalue weighted by Crippen LogP contribution is -2.62. The summed E-state index contributed by atoms with van der Waals surface area (Å²) in [4.78, 5) is 28.8. The van der Waals surface area contributed by atoms with Gasteiger partial charge in [0.05, 0.1) is 6.61 Å². The predicted octanol–water partition coefficient (Wildman–Crippen LogP) is 5.14. The summed E-state index contributed by atoms with van der Waals surface area (Å²) in [5, 5.41) is 3.06. The number of nitrogens with zero attached hydrogens (tertiary/aromatic N) is 1. The molecule has 0 saturated carbocycles. The quantitative estimate of drug-likeness (QED) is 0.454. The molecule has 0 saturated heterocycles. The van der Waals surface area contributed by atoms with E-state index in [1.54, 1.807) is 4.90 Å². The second-order valence-corrected chi connectivity index (χ2v) is 9.01. The lowest BCUT2D eigenvalue weighted by atomic mass is 9.82. The van der Waals surface area contributed by atoms with Crippen LogP contribution < -0.4 is 10.1 Å². The zero-order valence-electron chi connectivity index (χ0n) is 19.9. The van der Waals surface area contributed by atoms with Gasteiger partial charge in [-0.15, -0.1) is 0 Å². The van der Waals surface area contributed by atoms with Crippen LogP contribution in [0.1, 0.15) is 53.7 Å². The molecule has 34 heavy (non-hydrogen) atoms. The van der Waals surface area contributed by atoms with E-state index in [0.29, 0.717) is 31.7 Å². The first kappa shape index (κ1) is 23.6. The lowest BCUT2D eigenvalue weighted by molar-refractivity contribution is -0.132. The average molecular weight is 457 g/mol. The number of nitrogens with one attached hydrogen (secondary N) is 1. The first-order valence-corrected chi connectivity index (χ1v) is 11.9. The number of benzene rings is 3. The average Bonchev–Trinajstić information content (AvgIpc) is 2.87. The van der Waals surface area contributed by atoms with Crippen LogP contribution in [0.25, 0.3) is 0 Å². The van der Waals surface area contributed by atoms with Crippen molar-refractivity contribution in [1.82, 2.24) is 10.2 Å². The van der Waals surface area contributed by atoms with Crippen LogP contribution in [0, 0.1) is 0 Å². The normalized spacial score (nSPS) is 17.2. The number of unbranched alkanes of at least 4 members (excludes halogenated alkanes) is 1. The summed E-state index contributed by atoms with van der Waals surface area (Å²) in [7, 11) is 0. The highest BCUT2D eigenvalue weighted by Crippen LogP contribution is 2.33. The molecule has 2 amide bonds. The lowest BCUT2D eigenvalue weighted by Gasteiger charge is -2.44. The van der Waals surface area contributed by atoms with Crippen LogP contribution in [-0.4, -0.2) is 28.9 Å². The minimum Gasteiger partial charge on any atom is -0.494 e. The molecule has 1 atom stereocenters. The van der Waals surface area contributed by atoms with Crippen molar-refractivity contribution < 1.29 is 14.3 Å². The van der Waals surface area contributed by atoms with Crippen molar-refractivity contribution in [2.24, 2.45) is 0 Å². The van der Waals surface area contributed by atoms with Gasteiger partial charge in [-0.3, -0.25) is 9.59 Å². The SMILES string of the molecule is CCCCOc1ccc(CN2C(=O)c3ccccc3C[C@]2(C)C(=O)NCc2ccccc2)cc1. The Morgan fingerprint density at radius 3 is 2.41 bits per heavy atom. The number of carbonyl (C=O) groups excluding carboxylic acids is 2. The summed E-state index contributed by atoms with van der Waals surface area (Å²) in [5.41, 5.74) is 2.54. The van der Waals surface area contributed by atoms with Crippen molar-refractivity contribution in [3.63, 3.8) is 0 Å². The Balaban J connectivity index is 1.56. The molecule has 1 N–H and O–H groups in total. The number of hydrogen-bond acceptors (Lipinski definition) is 3. The van der Waals surface area contributed by atoms with E-state index in [2.05, 4.69) is 12.2 Å². The maximum Gasteiger partial charge on any atom is 0.255 e. The molecule has 5 heteroatoms. The molecule has 3 aromatic rings. The molecule has 1 heterocycles. The molecule has 0 aliphatic carbocycles. The van der Waals surface area contributed by atoms with Crippen LogP contribution in [-0.2, 0) is 24.3 Å². The maximum atomic E-state index is 13.6. The van der Waals surface area contributed by atoms with Crippen LogP contribution >= 0.6 is 0 Å². The van der Waals surface area contributed by atoms with Gasteiger partial charge in [0.1, 0.15) is 11.3 Å². The van der Waals surface area contributed by atoms with Crippen LogP contribution in [0.4, 0.5) is 0 Å². The summed E-state index contributed by atoms with van der Waals surface area (Å²) in [6, 6.07) is 25.2. The second kappa shape index (κ2) is 10.6. The van der Waals surface area contributed by atoms with E-state index in [0.717, 1.165) is 35.3 Å². The summed E-state index contributed by atoms with van der Waals surface area (Å²) >= 11 is 0. The minimum absolute atomic E-state index is 0.123. The van der Waals surface area contributed by atoms with Gasteiger partial charge in [-0.1, -0.05) is 74.0 Å². The molecule has 0 fully saturated rings. The highest BCUT2D eigenvalue weighted by atomic mass is 16.5. The fourth-order valence-electron chi connectivity index (χ4n) is 4.34. The predicted molar refractivity (Wildman–Crippen MR) is 134 cm³/mol. The highest BCUT2D eigenvalue weighted by molar-refractivity contribution is 6.02. The van der Waals surface area contributed by atoms with E-state index < -0.39 is 5.54 Å². The first-order valence-electron chi connectivity index (χ1n) is 11.9. The Kier molecular flexibility index (Phi) is 7.31. The standard InChI is InChI=1S/C29H32N2O3/c1-3-4-18-34-25-16-14-23(15-17-25)21-31-27(32)26-13-9-8-12-24(26)19-29(31,2)28(33)30-20-22-10-6-5-7-11-22/h5-17H,3-4,18-21H2,1-2H3,(H,30,33)/t29-/m1/s1. The monoisotopic (exact) mass is 456 g/mol. The van der Waals surface area contributed by atoms with Crippen LogP contribution in [0.15, 0.2) is 78.9 Å². The Labute approximate surface area is 201 Å². The van der Waals surface area contributed by atoms with Crippen molar-refractivity contribution in [2.45, 2.75) is 51.7 Å². The van der Waals surface area contributed by atoms with Gasteiger partial charge in [-0.05, 0) is 48.2 Å². The van der Waals surface area contributed by atoms with Crippen molar-refractivity contribution in [2.75, 3.05) is 6.61 Å². The van der Waals surface area contributed by atoms with Crippen molar-refractivity contribution in [3.05, 3.63) is 101 Å².